The van der Waals surface area contributed by atoms with Gasteiger partial charge in [0, 0.05) is 59.5 Å². The third kappa shape index (κ3) is 14.7. The monoisotopic (exact) mass is 606 g/mol. The number of rotatable bonds is 28. The molecular formula is C23H54O12Si3. The second kappa shape index (κ2) is 22.8. The third-order valence-electron chi connectivity index (χ3n) is 4.66. The number of hydrogen-bond donors (Lipinski definition) is 0. The van der Waals surface area contributed by atoms with Crippen LogP contribution < -0.4 is 0 Å². The van der Waals surface area contributed by atoms with Gasteiger partial charge in [-0.3, -0.25) is 0 Å². The van der Waals surface area contributed by atoms with E-state index in [0.717, 1.165) is 0 Å². The average Bonchev–Trinajstić information content (AvgIpc) is 2.89. The van der Waals surface area contributed by atoms with Crippen LogP contribution >= 0.6 is 0 Å². The summed E-state index contributed by atoms with van der Waals surface area (Å²) in [6.45, 7) is 20.7. The van der Waals surface area contributed by atoms with E-state index in [1.165, 1.54) is 0 Å². The normalized spacial score (nSPS) is 13.1. The van der Waals surface area contributed by atoms with Crippen molar-refractivity contribution >= 4 is 26.7 Å². The fourth-order valence-corrected chi connectivity index (χ4v) is 10.0. The molecule has 0 atom stereocenters. The van der Waals surface area contributed by atoms with E-state index in [1.54, 1.807) is 0 Å². The smallest absolute Gasteiger partial charge is 0.392 e. The summed E-state index contributed by atoms with van der Waals surface area (Å²) < 4.78 is 72.2. The maximum atomic E-state index is 6.67. The third-order valence-corrected chi connectivity index (χ3v) is 12.4. The van der Waals surface area contributed by atoms with E-state index in [0.29, 0.717) is 59.5 Å². The maximum absolute atomic E-state index is 6.67. The highest BCUT2D eigenvalue weighted by molar-refractivity contribution is 6.67. The van der Waals surface area contributed by atoms with E-state index in [4.69, 9.17) is 53.7 Å². The summed E-state index contributed by atoms with van der Waals surface area (Å²) in [4.78, 5) is 0. The van der Waals surface area contributed by atoms with Gasteiger partial charge in [-0.1, -0.05) is 0 Å². The molecule has 0 aromatic rings. The van der Waals surface area contributed by atoms with Gasteiger partial charge in [0.15, 0.2) is 0 Å². The SMILES string of the molecule is CCOC[Si](COCC)(OCC)OC(CO[Si](OCC)(OCC)OCC)CO[Si](OCC)(OCC)OCC. The van der Waals surface area contributed by atoms with Gasteiger partial charge < -0.3 is 53.7 Å². The molecule has 0 aliphatic heterocycles. The Morgan fingerprint density at radius 1 is 0.395 bits per heavy atom. The molecule has 0 aliphatic carbocycles. The summed E-state index contributed by atoms with van der Waals surface area (Å²) >= 11 is 0. The van der Waals surface area contributed by atoms with Gasteiger partial charge in [0.25, 0.3) is 0 Å². The lowest BCUT2D eigenvalue weighted by molar-refractivity contribution is -0.0764. The lowest BCUT2D eigenvalue weighted by Gasteiger charge is -2.36. The molecule has 0 amide bonds. The van der Waals surface area contributed by atoms with Crippen LogP contribution in [0, 0.1) is 0 Å². The molecule has 0 aliphatic rings. The number of hydrogen-bond acceptors (Lipinski definition) is 12. The average molecular weight is 607 g/mol. The molecule has 0 unspecified atom stereocenters. The Balaban J connectivity index is 6.16. The van der Waals surface area contributed by atoms with Crippen molar-refractivity contribution in [2.45, 2.75) is 68.4 Å². The van der Waals surface area contributed by atoms with Crippen LogP contribution in [0.1, 0.15) is 62.3 Å². The molecule has 0 saturated heterocycles. The molecule has 15 heteroatoms. The van der Waals surface area contributed by atoms with Crippen molar-refractivity contribution in [3.05, 3.63) is 0 Å². The van der Waals surface area contributed by atoms with Crippen LogP contribution in [0.2, 0.25) is 0 Å². The molecule has 0 aromatic heterocycles. The summed E-state index contributed by atoms with van der Waals surface area (Å²) in [5, 5.41) is 0. The first-order chi connectivity index (χ1) is 18.3. The van der Waals surface area contributed by atoms with Crippen LogP contribution in [-0.2, 0) is 53.7 Å². The highest BCUT2D eigenvalue weighted by Crippen LogP contribution is 2.20. The maximum Gasteiger partial charge on any atom is 0.679 e. The summed E-state index contributed by atoms with van der Waals surface area (Å²) in [6.07, 6.45) is -0.0800. The molecule has 0 heterocycles. The summed E-state index contributed by atoms with van der Waals surface area (Å²) in [6, 6.07) is 0. The van der Waals surface area contributed by atoms with E-state index in [-0.39, 0.29) is 25.7 Å². The number of ether oxygens (including phenoxy) is 2. The molecule has 0 spiro atoms. The predicted molar refractivity (Wildman–Crippen MR) is 148 cm³/mol. The van der Waals surface area contributed by atoms with Gasteiger partial charge in [0.2, 0.25) is 0 Å². The highest BCUT2D eigenvalue weighted by Gasteiger charge is 2.49. The van der Waals surface area contributed by atoms with Gasteiger partial charge in [-0.05, 0) is 62.3 Å². The molecule has 0 aromatic carbocycles. The zero-order valence-electron chi connectivity index (χ0n) is 25.2. The summed E-state index contributed by atoms with van der Waals surface area (Å²) in [5.74, 6) is 0. The minimum atomic E-state index is -3.43. The van der Waals surface area contributed by atoms with Crippen LogP contribution in [-0.4, -0.2) is 118 Å². The molecule has 230 valence electrons. The van der Waals surface area contributed by atoms with Crippen molar-refractivity contribution in [1.29, 1.82) is 0 Å². The Bertz CT molecular complexity index is 478. The lowest BCUT2D eigenvalue weighted by atomic mass is 10.4. The van der Waals surface area contributed by atoms with E-state index in [2.05, 4.69) is 0 Å². The van der Waals surface area contributed by atoms with Crippen LogP contribution in [0.5, 0.6) is 0 Å². The quantitative estimate of drug-likeness (QED) is 0.122. The topological polar surface area (TPSA) is 111 Å². The van der Waals surface area contributed by atoms with Crippen LogP contribution in [0.15, 0.2) is 0 Å². The summed E-state index contributed by atoms with van der Waals surface area (Å²) in [5.41, 5.74) is 0. The Kier molecular flexibility index (Phi) is 22.9. The van der Waals surface area contributed by atoms with Gasteiger partial charge in [-0.15, -0.1) is 0 Å². The fraction of sp³-hybridized carbons (Fsp3) is 1.00. The van der Waals surface area contributed by atoms with E-state index in [1.807, 2.05) is 62.3 Å². The summed E-state index contributed by atoms with van der Waals surface area (Å²) in [7, 11) is -9.88. The van der Waals surface area contributed by atoms with Crippen LogP contribution in [0.4, 0.5) is 0 Å². The van der Waals surface area contributed by atoms with Crippen molar-refractivity contribution in [2.24, 2.45) is 0 Å². The lowest BCUT2D eigenvalue weighted by Crippen LogP contribution is -2.58. The molecule has 12 nitrogen and oxygen atoms in total. The molecule has 38 heavy (non-hydrogen) atoms. The van der Waals surface area contributed by atoms with Gasteiger partial charge >= 0.3 is 26.7 Å². The van der Waals surface area contributed by atoms with Gasteiger partial charge in [0.1, 0.15) is 0 Å². The molecule has 0 saturated carbocycles. The van der Waals surface area contributed by atoms with Crippen molar-refractivity contribution in [3.8, 4) is 0 Å². The minimum Gasteiger partial charge on any atom is -0.392 e. The van der Waals surface area contributed by atoms with Crippen molar-refractivity contribution in [2.75, 3.05) is 85.1 Å². The Labute approximate surface area is 234 Å². The first-order valence-corrected chi connectivity index (χ1v) is 19.4. The van der Waals surface area contributed by atoms with E-state index >= 15 is 0 Å². The molecule has 0 bridgehead atoms. The first kappa shape index (κ1) is 38.2. The van der Waals surface area contributed by atoms with Crippen molar-refractivity contribution < 1.29 is 53.7 Å². The Morgan fingerprint density at radius 2 is 0.711 bits per heavy atom. The van der Waals surface area contributed by atoms with Crippen LogP contribution in [0.25, 0.3) is 0 Å². The van der Waals surface area contributed by atoms with E-state index in [9.17, 15) is 0 Å². The Hall–Kier alpha value is 0.171. The highest BCUT2D eigenvalue weighted by atomic mass is 28.4. The molecule has 0 rings (SSSR count). The minimum absolute atomic E-state index is 0.0428. The Morgan fingerprint density at radius 3 is 0.974 bits per heavy atom. The van der Waals surface area contributed by atoms with Gasteiger partial charge in [0.05, 0.1) is 31.8 Å². The fourth-order valence-electron chi connectivity index (χ4n) is 3.38. The predicted octanol–water partition coefficient (Wildman–Crippen LogP) is 3.13. The zero-order valence-corrected chi connectivity index (χ0v) is 28.2. The van der Waals surface area contributed by atoms with Crippen molar-refractivity contribution in [1.82, 2.24) is 0 Å². The van der Waals surface area contributed by atoms with E-state index < -0.39 is 32.8 Å². The van der Waals surface area contributed by atoms with Gasteiger partial charge in [-0.25, -0.2) is 0 Å². The largest absolute Gasteiger partial charge is 0.679 e. The molecular weight excluding hydrogens is 552 g/mol. The molecule has 0 N–H and O–H groups in total. The molecule has 0 fully saturated rings. The van der Waals surface area contributed by atoms with Crippen molar-refractivity contribution in [3.63, 3.8) is 0 Å². The second-order valence-corrected chi connectivity index (χ2v) is 14.8. The van der Waals surface area contributed by atoms with Crippen LogP contribution in [0.3, 0.4) is 0 Å². The molecule has 0 radical (unpaired) electrons. The first-order valence-electron chi connectivity index (χ1n) is 13.9. The standard InChI is InChI=1S/C23H54O12Si3/c1-10-24-21-36(26-12-3,22-25-11-2)35-23(19-33-37(27-13-4,28-14-5)29-15-6)20-34-38(30-16-7,31-17-8)32-18-9/h23H,10-22H2,1-9H3. The zero-order chi connectivity index (χ0) is 28.8. The second-order valence-electron chi connectivity index (χ2n) is 7.58. The van der Waals surface area contributed by atoms with Gasteiger partial charge in [-0.2, -0.15) is 0 Å².